The van der Waals surface area contributed by atoms with E-state index in [-0.39, 0.29) is 5.60 Å². The molecule has 1 fully saturated rings. The summed E-state index contributed by atoms with van der Waals surface area (Å²) in [6, 6.07) is 5.56. The Hall–Kier alpha value is -0.890. The first kappa shape index (κ1) is 11.6. The number of hydrogen-bond donors (Lipinski definition) is 0. The molecule has 1 aromatic rings. The predicted octanol–water partition coefficient (Wildman–Crippen LogP) is 4.06. The maximum absolute atomic E-state index is 6.06. The van der Waals surface area contributed by atoms with Gasteiger partial charge in [0.25, 0.3) is 0 Å². The van der Waals surface area contributed by atoms with Crippen molar-refractivity contribution in [2.75, 3.05) is 0 Å². The molecule has 16 heavy (non-hydrogen) atoms. The molecule has 1 saturated carbocycles. The van der Waals surface area contributed by atoms with Crippen LogP contribution >= 0.6 is 11.6 Å². The van der Waals surface area contributed by atoms with Crippen molar-refractivity contribution in [3.8, 4) is 11.5 Å². The average molecular weight is 241 g/mol. The number of hydrogen-bond acceptors (Lipinski definition) is 2. The second-order valence-corrected chi connectivity index (χ2v) is 5.53. The van der Waals surface area contributed by atoms with Gasteiger partial charge in [0.05, 0.1) is 11.1 Å². The summed E-state index contributed by atoms with van der Waals surface area (Å²) >= 11 is 6.06. The molecule has 1 aliphatic rings. The molecular weight excluding hydrogens is 224 g/mol. The Bertz CT molecular complexity index is 378. The molecular formula is C13H17ClO2. The highest BCUT2D eigenvalue weighted by Crippen LogP contribution is 2.35. The Morgan fingerprint density at radius 1 is 1.25 bits per heavy atom. The minimum atomic E-state index is -0.204. The summed E-state index contributed by atoms with van der Waals surface area (Å²) in [5, 5.41) is 0.646. The van der Waals surface area contributed by atoms with Gasteiger partial charge in [-0.15, -0.1) is 0 Å². The van der Waals surface area contributed by atoms with Gasteiger partial charge in [0.2, 0.25) is 0 Å². The molecule has 2 rings (SSSR count). The third-order valence-corrected chi connectivity index (χ3v) is 2.46. The number of benzene rings is 1. The highest BCUT2D eigenvalue weighted by molar-refractivity contribution is 6.32. The minimum Gasteiger partial charge on any atom is -0.489 e. The second-order valence-electron chi connectivity index (χ2n) is 5.12. The third-order valence-electron chi connectivity index (χ3n) is 2.14. The van der Waals surface area contributed by atoms with E-state index in [1.807, 2.05) is 39.0 Å². The molecule has 0 aliphatic heterocycles. The molecule has 88 valence electrons. The van der Waals surface area contributed by atoms with Crippen LogP contribution in [0, 0.1) is 0 Å². The van der Waals surface area contributed by atoms with Crippen molar-refractivity contribution in [2.45, 2.75) is 45.3 Å². The second kappa shape index (κ2) is 4.17. The molecule has 0 N–H and O–H groups in total. The Balaban J connectivity index is 2.14. The molecule has 1 aromatic carbocycles. The van der Waals surface area contributed by atoms with Crippen molar-refractivity contribution in [3.63, 3.8) is 0 Å². The van der Waals surface area contributed by atoms with Gasteiger partial charge >= 0.3 is 0 Å². The monoisotopic (exact) mass is 240 g/mol. The zero-order chi connectivity index (χ0) is 11.8. The molecule has 0 saturated heterocycles. The first-order valence-electron chi connectivity index (χ1n) is 5.59. The quantitative estimate of drug-likeness (QED) is 0.793. The summed E-state index contributed by atoms with van der Waals surface area (Å²) in [6.45, 7) is 6.05. The molecule has 0 aromatic heterocycles. The van der Waals surface area contributed by atoms with Gasteiger partial charge in [0.15, 0.2) is 0 Å². The van der Waals surface area contributed by atoms with Crippen molar-refractivity contribution in [2.24, 2.45) is 0 Å². The Morgan fingerprint density at radius 3 is 2.50 bits per heavy atom. The fourth-order valence-corrected chi connectivity index (χ4v) is 1.52. The highest BCUT2D eigenvalue weighted by Gasteiger charge is 2.24. The highest BCUT2D eigenvalue weighted by atomic mass is 35.5. The van der Waals surface area contributed by atoms with Crippen LogP contribution < -0.4 is 9.47 Å². The molecule has 0 amide bonds. The van der Waals surface area contributed by atoms with Crippen molar-refractivity contribution in [1.82, 2.24) is 0 Å². The van der Waals surface area contributed by atoms with Gasteiger partial charge in [0.1, 0.15) is 17.1 Å². The lowest BCUT2D eigenvalue weighted by Gasteiger charge is -2.21. The fraction of sp³-hybridized carbons (Fsp3) is 0.538. The molecule has 3 heteroatoms. The molecule has 0 spiro atoms. The van der Waals surface area contributed by atoms with Gasteiger partial charge < -0.3 is 9.47 Å². The van der Waals surface area contributed by atoms with E-state index in [1.54, 1.807) is 0 Å². The van der Waals surface area contributed by atoms with Crippen LogP contribution in [-0.4, -0.2) is 11.7 Å². The summed E-state index contributed by atoms with van der Waals surface area (Å²) in [6.07, 6.45) is 2.60. The summed E-state index contributed by atoms with van der Waals surface area (Å²) < 4.78 is 11.5. The SMILES string of the molecule is CC(C)(C)Oc1ccc(Cl)c(OC2CC2)c1. The van der Waals surface area contributed by atoms with E-state index in [1.165, 1.54) is 0 Å². The van der Waals surface area contributed by atoms with E-state index in [2.05, 4.69) is 0 Å². The summed E-state index contributed by atoms with van der Waals surface area (Å²) in [5.41, 5.74) is -0.204. The van der Waals surface area contributed by atoms with E-state index >= 15 is 0 Å². The van der Waals surface area contributed by atoms with Crippen LogP contribution in [0.2, 0.25) is 5.02 Å². The van der Waals surface area contributed by atoms with E-state index < -0.39 is 0 Å². The maximum atomic E-state index is 6.06. The zero-order valence-electron chi connectivity index (χ0n) is 9.92. The Labute approximate surface area is 102 Å². The number of halogens is 1. The van der Waals surface area contributed by atoms with Crippen LogP contribution in [-0.2, 0) is 0 Å². The van der Waals surface area contributed by atoms with Gasteiger partial charge in [-0.05, 0) is 45.7 Å². The van der Waals surface area contributed by atoms with E-state index in [0.29, 0.717) is 11.1 Å². The lowest BCUT2D eigenvalue weighted by molar-refractivity contribution is 0.130. The lowest BCUT2D eigenvalue weighted by Crippen LogP contribution is -2.22. The van der Waals surface area contributed by atoms with Gasteiger partial charge in [-0.25, -0.2) is 0 Å². The molecule has 0 unspecified atom stereocenters. The van der Waals surface area contributed by atoms with Crippen LogP contribution in [0.5, 0.6) is 11.5 Å². The average Bonchev–Trinajstić information content (AvgIpc) is 2.92. The van der Waals surface area contributed by atoms with Gasteiger partial charge in [-0.2, -0.15) is 0 Å². The zero-order valence-corrected chi connectivity index (χ0v) is 10.7. The van der Waals surface area contributed by atoms with E-state index in [0.717, 1.165) is 24.3 Å². The lowest BCUT2D eigenvalue weighted by atomic mass is 10.2. The first-order valence-corrected chi connectivity index (χ1v) is 5.97. The number of ether oxygens (including phenoxy) is 2. The van der Waals surface area contributed by atoms with Crippen LogP contribution in [0.3, 0.4) is 0 Å². The largest absolute Gasteiger partial charge is 0.489 e. The van der Waals surface area contributed by atoms with Crippen LogP contribution in [0.15, 0.2) is 18.2 Å². The van der Waals surface area contributed by atoms with Crippen molar-refractivity contribution < 1.29 is 9.47 Å². The number of rotatable bonds is 3. The molecule has 0 atom stereocenters. The van der Waals surface area contributed by atoms with Gasteiger partial charge in [-0.1, -0.05) is 11.6 Å². The van der Waals surface area contributed by atoms with E-state index in [9.17, 15) is 0 Å². The van der Waals surface area contributed by atoms with Crippen molar-refractivity contribution >= 4 is 11.6 Å². The van der Waals surface area contributed by atoms with Crippen LogP contribution in [0.1, 0.15) is 33.6 Å². The minimum absolute atomic E-state index is 0.204. The first-order chi connectivity index (χ1) is 7.44. The Kier molecular flexibility index (Phi) is 3.02. The van der Waals surface area contributed by atoms with Crippen molar-refractivity contribution in [1.29, 1.82) is 0 Å². The predicted molar refractivity (Wildman–Crippen MR) is 65.5 cm³/mol. The molecule has 2 nitrogen and oxygen atoms in total. The molecule has 0 bridgehead atoms. The molecule has 0 heterocycles. The summed E-state index contributed by atoms with van der Waals surface area (Å²) in [7, 11) is 0. The topological polar surface area (TPSA) is 18.5 Å². The summed E-state index contributed by atoms with van der Waals surface area (Å²) in [4.78, 5) is 0. The fourth-order valence-electron chi connectivity index (χ4n) is 1.36. The van der Waals surface area contributed by atoms with Crippen LogP contribution in [0.4, 0.5) is 0 Å². The Morgan fingerprint density at radius 2 is 1.94 bits per heavy atom. The standard InChI is InChI=1S/C13H17ClO2/c1-13(2,3)16-10-6-7-11(14)12(8-10)15-9-4-5-9/h6-9H,4-5H2,1-3H3. The van der Waals surface area contributed by atoms with Gasteiger partial charge in [0, 0.05) is 6.07 Å². The summed E-state index contributed by atoms with van der Waals surface area (Å²) in [5.74, 6) is 1.53. The van der Waals surface area contributed by atoms with Crippen LogP contribution in [0.25, 0.3) is 0 Å². The van der Waals surface area contributed by atoms with Crippen molar-refractivity contribution in [3.05, 3.63) is 23.2 Å². The molecule has 1 aliphatic carbocycles. The van der Waals surface area contributed by atoms with E-state index in [4.69, 9.17) is 21.1 Å². The third kappa shape index (κ3) is 3.31. The normalized spacial score (nSPS) is 16.0. The maximum Gasteiger partial charge on any atom is 0.141 e. The smallest absolute Gasteiger partial charge is 0.141 e. The van der Waals surface area contributed by atoms with Gasteiger partial charge in [-0.3, -0.25) is 0 Å². The molecule has 0 radical (unpaired) electrons.